The number of nitro groups is 1. The van der Waals surface area contributed by atoms with E-state index in [9.17, 15) is 14.9 Å². The van der Waals surface area contributed by atoms with Crippen LogP contribution in [0.2, 0.25) is 0 Å². The fraction of sp³-hybridized carbons (Fsp3) is 0.192. The summed E-state index contributed by atoms with van der Waals surface area (Å²) in [6.45, 7) is 3.61. The van der Waals surface area contributed by atoms with E-state index in [1.54, 1.807) is 23.5 Å². The minimum atomic E-state index is -0.509. The summed E-state index contributed by atoms with van der Waals surface area (Å²) in [7, 11) is 0. The molecule has 0 saturated carbocycles. The van der Waals surface area contributed by atoms with Gasteiger partial charge in [-0.05, 0) is 86.1 Å². The summed E-state index contributed by atoms with van der Waals surface area (Å²) in [4.78, 5) is 30.6. The average molecular weight is 518 g/mol. The van der Waals surface area contributed by atoms with Crippen LogP contribution in [0.4, 0.5) is 17.1 Å². The number of hydrogen-bond acceptors (Lipinski definition) is 7. The standard InChI is InChI=1S/C26H23N5O3S2/c1-16-4-10-20-23(14-16)36-25(28-20)17-5-8-19(9-6-17)27-26(35)29-24(32)18-7-11-21(22(15-18)31(33)34)30-12-2-3-13-30/h4-11,14-15H,2-3,12-13H2,1H3,(H2,27,29,32,35). The van der Waals surface area contributed by atoms with E-state index >= 15 is 0 Å². The highest BCUT2D eigenvalue weighted by atomic mass is 32.1. The van der Waals surface area contributed by atoms with Gasteiger partial charge >= 0.3 is 0 Å². The summed E-state index contributed by atoms with van der Waals surface area (Å²) in [5, 5.41) is 18.2. The van der Waals surface area contributed by atoms with Crippen molar-refractivity contribution >= 4 is 61.9 Å². The molecular weight excluding hydrogens is 494 g/mol. The molecule has 0 atom stereocenters. The second-order valence-corrected chi connectivity index (χ2v) is 10.1. The van der Waals surface area contributed by atoms with Crippen molar-refractivity contribution < 1.29 is 9.72 Å². The predicted molar refractivity (Wildman–Crippen MR) is 148 cm³/mol. The fourth-order valence-corrected chi connectivity index (χ4v) is 5.51. The quantitative estimate of drug-likeness (QED) is 0.193. The minimum Gasteiger partial charge on any atom is -0.366 e. The zero-order valence-electron chi connectivity index (χ0n) is 19.5. The van der Waals surface area contributed by atoms with Gasteiger partial charge in [-0.3, -0.25) is 20.2 Å². The highest BCUT2D eigenvalue weighted by Crippen LogP contribution is 2.32. The van der Waals surface area contributed by atoms with Gasteiger partial charge in [0.2, 0.25) is 0 Å². The van der Waals surface area contributed by atoms with Gasteiger partial charge in [-0.25, -0.2) is 4.98 Å². The van der Waals surface area contributed by atoms with E-state index in [0.717, 1.165) is 46.7 Å². The molecule has 1 fully saturated rings. The molecule has 0 unspecified atom stereocenters. The van der Waals surface area contributed by atoms with E-state index in [1.165, 1.54) is 11.6 Å². The Morgan fingerprint density at radius 2 is 1.83 bits per heavy atom. The number of thiazole rings is 1. The van der Waals surface area contributed by atoms with Gasteiger partial charge in [-0.15, -0.1) is 11.3 Å². The van der Waals surface area contributed by atoms with Crippen molar-refractivity contribution in [1.29, 1.82) is 0 Å². The Bertz CT molecular complexity index is 1480. The highest BCUT2D eigenvalue weighted by molar-refractivity contribution is 7.80. The van der Waals surface area contributed by atoms with Crippen molar-refractivity contribution in [3.8, 4) is 10.6 Å². The highest BCUT2D eigenvalue weighted by Gasteiger charge is 2.24. The van der Waals surface area contributed by atoms with Crippen LogP contribution in [0.1, 0.15) is 28.8 Å². The SMILES string of the molecule is Cc1ccc2nc(-c3ccc(NC(=S)NC(=O)c4ccc(N5CCCC5)c([N+](=O)[O-])c4)cc3)sc2c1. The van der Waals surface area contributed by atoms with Crippen LogP contribution in [0.15, 0.2) is 60.7 Å². The number of rotatable bonds is 5. The van der Waals surface area contributed by atoms with Gasteiger partial charge in [-0.2, -0.15) is 0 Å². The molecule has 3 aromatic carbocycles. The molecule has 8 nitrogen and oxygen atoms in total. The van der Waals surface area contributed by atoms with Crippen molar-refractivity contribution in [3.05, 3.63) is 81.9 Å². The molecule has 10 heteroatoms. The first-order chi connectivity index (χ1) is 17.4. The summed E-state index contributed by atoms with van der Waals surface area (Å²) < 4.78 is 1.14. The second-order valence-electron chi connectivity index (χ2n) is 8.63. The molecule has 2 heterocycles. The second kappa shape index (κ2) is 10.00. The summed E-state index contributed by atoms with van der Waals surface area (Å²) in [5.41, 5.74) is 4.50. The van der Waals surface area contributed by atoms with E-state index in [4.69, 9.17) is 17.2 Å². The van der Waals surface area contributed by atoms with E-state index in [0.29, 0.717) is 11.4 Å². The first-order valence-corrected chi connectivity index (χ1v) is 12.7. The number of nitro benzene ring substituents is 1. The van der Waals surface area contributed by atoms with Gasteiger partial charge in [0.25, 0.3) is 11.6 Å². The Kier molecular flexibility index (Phi) is 6.62. The van der Waals surface area contributed by atoms with Crippen molar-refractivity contribution in [1.82, 2.24) is 10.3 Å². The number of thiocarbonyl (C=S) groups is 1. The zero-order chi connectivity index (χ0) is 25.2. The minimum absolute atomic E-state index is 0.0796. The smallest absolute Gasteiger partial charge is 0.293 e. The Morgan fingerprint density at radius 3 is 2.56 bits per heavy atom. The van der Waals surface area contributed by atoms with Crippen LogP contribution in [0.25, 0.3) is 20.8 Å². The molecule has 0 radical (unpaired) electrons. The molecule has 5 rings (SSSR count). The first kappa shape index (κ1) is 23.8. The van der Waals surface area contributed by atoms with Crippen molar-refractivity contribution in [2.75, 3.05) is 23.3 Å². The van der Waals surface area contributed by atoms with Crippen molar-refractivity contribution in [2.24, 2.45) is 0 Å². The summed E-state index contributed by atoms with van der Waals surface area (Å²) in [6.07, 6.45) is 2.00. The van der Waals surface area contributed by atoms with Crippen LogP contribution in [-0.4, -0.2) is 34.0 Å². The average Bonchev–Trinajstić information content (AvgIpc) is 3.54. The van der Waals surface area contributed by atoms with E-state index in [-0.39, 0.29) is 16.4 Å². The number of benzene rings is 3. The van der Waals surface area contributed by atoms with Gasteiger partial charge in [-0.1, -0.05) is 6.07 Å². The summed E-state index contributed by atoms with van der Waals surface area (Å²) >= 11 is 6.93. The number of nitrogens with zero attached hydrogens (tertiary/aromatic N) is 3. The first-order valence-electron chi connectivity index (χ1n) is 11.5. The lowest BCUT2D eigenvalue weighted by Gasteiger charge is -2.18. The summed E-state index contributed by atoms with van der Waals surface area (Å²) in [5.74, 6) is -0.509. The molecule has 2 N–H and O–H groups in total. The number of anilines is 2. The van der Waals surface area contributed by atoms with Gasteiger partial charge in [0.15, 0.2) is 5.11 Å². The molecule has 4 aromatic rings. The maximum Gasteiger partial charge on any atom is 0.293 e. The van der Waals surface area contributed by atoms with Crippen molar-refractivity contribution in [3.63, 3.8) is 0 Å². The monoisotopic (exact) mass is 517 g/mol. The third-order valence-corrected chi connectivity index (χ3v) is 7.31. The largest absolute Gasteiger partial charge is 0.366 e. The number of carbonyl (C=O) groups excluding carboxylic acids is 1. The lowest BCUT2D eigenvalue weighted by Crippen LogP contribution is -2.34. The van der Waals surface area contributed by atoms with Crippen LogP contribution in [0.3, 0.4) is 0 Å². The van der Waals surface area contributed by atoms with Crippen LogP contribution >= 0.6 is 23.6 Å². The Morgan fingerprint density at radius 1 is 1.08 bits per heavy atom. The maximum absolute atomic E-state index is 12.7. The Balaban J connectivity index is 1.25. The molecule has 182 valence electrons. The Labute approximate surface area is 217 Å². The lowest BCUT2D eigenvalue weighted by molar-refractivity contribution is -0.384. The number of fused-ring (bicyclic) bond motifs is 1. The van der Waals surface area contributed by atoms with Crippen LogP contribution < -0.4 is 15.5 Å². The number of carbonyl (C=O) groups is 1. The third-order valence-electron chi connectivity index (χ3n) is 6.04. The summed E-state index contributed by atoms with van der Waals surface area (Å²) in [6, 6.07) is 18.3. The molecule has 1 aromatic heterocycles. The molecule has 1 amide bonds. The lowest BCUT2D eigenvalue weighted by atomic mass is 10.1. The molecule has 1 saturated heterocycles. The van der Waals surface area contributed by atoms with Gasteiger partial charge < -0.3 is 10.2 Å². The number of aromatic nitrogens is 1. The number of nitrogens with one attached hydrogen (secondary N) is 2. The Hall–Kier alpha value is -3.89. The van der Waals surface area contributed by atoms with E-state index in [1.807, 2.05) is 41.3 Å². The van der Waals surface area contributed by atoms with Gasteiger partial charge in [0.1, 0.15) is 10.7 Å². The molecule has 0 spiro atoms. The molecule has 1 aliphatic rings. The van der Waals surface area contributed by atoms with Gasteiger partial charge in [0, 0.05) is 36.0 Å². The van der Waals surface area contributed by atoms with Gasteiger partial charge in [0.05, 0.1) is 15.1 Å². The van der Waals surface area contributed by atoms with Crippen LogP contribution in [0, 0.1) is 17.0 Å². The predicted octanol–water partition coefficient (Wildman–Crippen LogP) is 5.91. The van der Waals surface area contributed by atoms with E-state index in [2.05, 4.69) is 23.6 Å². The molecule has 0 bridgehead atoms. The molecule has 0 aliphatic carbocycles. The van der Waals surface area contributed by atoms with Crippen LogP contribution in [-0.2, 0) is 0 Å². The van der Waals surface area contributed by atoms with E-state index < -0.39 is 10.8 Å². The number of hydrogen-bond donors (Lipinski definition) is 2. The maximum atomic E-state index is 12.7. The molecule has 1 aliphatic heterocycles. The number of amides is 1. The fourth-order valence-electron chi connectivity index (χ4n) is 4.23. The normalized spacial score (nSPS) is 13.1. The zero-order valence-corrected chi connectivity index (χ0v) is 21.1. The van der Waals surface area contributed by atoms with Crippen molar-refractivity contribution in [2.45, 2.75) is 19.8 Å². The molecular formula is C26H23N5O3S2. The topological polar surface area (TPSA) is 100 Å². The van der Waals surface area contributed by atoms with Crippen LogP contribution in [0.5, 0.6) is 0 Å². The molecule has 36 heavy (non-hydrogen) atoms. The third kappa shape index (κ3) is 5.05. The number of aryl methyl sites for hydroxylation is 1.